The van der Waals surface area contributed by atoms with Crippen LogP contribution in [0, 0.1) is 0 Å². The van der Waals surface area contributed by atoms with Gasteiger partial charge in [-0.15, -0.1) is 11.8 Å². The van der Waals surface area contributed by atoms with Gasteiger partial charge < -0.3 is 5.11 Å². The monoisotopic (exact) mass is 266 g/mol. The van der Waals surface area contributed by atoms with Crippen molar-refractivity contribution < 1.29 is 9.90 Å². The zero-order valence-corrected chi connectivity index (χ0v) is 10.8. The molecule has 0 aliphatic carbocycles. The third kappa shape index (κ3) is 2.56. The first-order valence-corrected chi connectivity index (χ1v) is 6.57. The molecule has 88 valence electrons. The predicted molar refractivity (Wildman–Crippen MR) is 72.3 cm³/mol. The summed E-state index contributed by atoms with van der Waals surface area (Å²) in [5.41, 5.74) is 0.353. The Kier molecular flexibility index (Phi) is 3.60. The van der Waals surface area contributed by atoms with E-state index in [0.717, 1.165) is 21.4 Å². The molecule has 0 spiro atoms. The molecule has 0 heterocycles. The van der Waals surface area contributed by atoms with Gasteiger partial charge in [0.25, 0.3) is 0 Å². The van der Waals surface area contributed by atoms with Crippen molar-refractivity contribution in [1.29, 1.82) is 0 Å². The minimum absolute atomic E-state index is 0.353. The summed E-state index contributed by atoms with van der Waals surface area (Å²) in [6.07, 6.45) is 0. The lowest BCUT2D eigenvalue weighted by Gasteiger charge is -2.07. The van der Waals surface area contributed by atoms with Gasteiger partial charge in [-0.3, -0.25) is 0 Å². The molecule has 2 aromatic rings. The van der Waals surface area contributed by atoms with Crippen LogP contribution in [0.3, 0.4) is 0 Å². The number of carboxylic acids is 1. The SMILES string of the molecule is CCSc1cc2cc(Cl)ccc2cc1C(=O)O. The Hall–Kier alpha value is -1.19. The Labute approximate surface area is 109 Å². The Bertz CT molecular complexity index is 581. The highest BCUT2D eigenvalue weighted by molar-refractivity contribution is 7.99. The van der Waals surface area contributed by atoms with Crippen molar-refractivity contribution in [2.45, 2.75) is 11.8 Å². The van der Waals surface area contributed by atoms with Crippen LogP contribution in [-0.4, -0.2) is 16.8 Å². The molecule has 0 aliphatic heterocycles. The fourth-order valence-corrected chi connectivity index (χ4v) is 2.69. The molecule has 0 amide bonds. The molecule has 4 heteroatoms. The number of carbonyl (C=O) groups is 1. The van der Waals surface area contributed by atoms with Crippen molar-refractivity contribution in [2.24, 2.45) is 0 Å². The second-order valence-corrected chi connectivity index (χ2v) is 5.32. The second kappa shape index (κ2) is 4.98. The molecular formula is C13H11ClO2S. The molecule has 0 fully saturated rings. The van der Waals surface area contributed by atoms with E-state index < -0.39 is 5.97 Å². The van der Waals surface area contributed by atoms with E-state index in [2.05, 4.69) is 0 Å². The normalized spacial score (nSPS) is 10.7. The predicted octanol–water partition coefficient (Wildman–Crippen LogP) is 4.30. The van der Waals surface area contributed by atoms with Crippen LogP contribution in [0.1, 0.15) is 17.3 Å². The number of carboxylic acid groups (broad SMARTS) is 1. The topological polar surface area (TPSA) is 37.3 Å². The van der Waals surface area contributed by atoms with Crippen molar-refractivity contribution in [3.05, 3.63) is 40.9 Å². The van der Waals surface area contributed by atoms with Gasteiger partial charge >= 0.3 is 5.97 Å². The van der Waals surface area contributed by atoms with Gasteiger partial charge in [0.15, 0.2) is 0 Å². The summed E-state index contributed by atoms with van der Waals surface area (Å²) in [5, 5.41) is 11.7. The van der Waals surface area contributed by atoms with E-state index in [4.69, 9.17) is 16.7 Å². The van der Waals surface area contributed by atoms with Crippen molar-refractivity contribution in [2.75, 3.05) is 5.75 Å². The Balaban J connectivity index is 2.67. The summed E-state index contributed by atoms with van der Waals surface area (Å²) in [6.45, 7) is 2.00. The number of hydrogen-bond donors (Lipinski definition) is 1. The summed E-state index contributed by atoms with van der Waals surface area (Å²) >= 11 is 7.45. The van der Waals surface area contributed by atoms with Crippen LogP contribution < -0.4 is 0 Å². The first-order valence-electron chi connectivity index (χ1n) is 5.21. The maximum absolute atomic E-state index is 11.2. The summed E-state index contributed by atoms with van der Waals surface area (Å²) in [5.74, 6) is -0.0513. The maximum atomic E-state index is 11.2. The lowest BCUT2D eigenvalue weighted by Crippen LogP contribution is -1.99. The van der Waals surface area contributed by atoms with Gasteiger partial charge in [-0.2, -0.15) is 0 Å². The Morgan fingerprint density at radius 1 is 1.29 bits per heavy atom. The fourth-order valence-electron chi connectivity index (χ4n) is 1.69. The van der Waals surface area contributed by atoms with Gasteiger partial charge in [0.05, 0.1) is 5.56 Å². The highest BCUT2D eigenvalue weighted by Gasteiger charge is 2.11. The van der Waals surface area contributed by atoms with E-state index >= 15 is 0 Å². The molecule has 0 radical (unpaired) electrons. The standard InChI is InChI=1S/C13H11ClO2S/c1-2-17-12-7-9-5-10(14)4-3-8(9)6-11(12)13(15)16/h3-7H,2H2,1H3,(H,15,16). The van der Waals surface area contributed by atoms with Crippen LogP contribution in [0.5, 0.6) is 0 Å². The quantitative estimate of drug-likeness (QED) is 0.842. The smallest absolute Gasteiger partial charge is 0.336 e. The number of halogens is 1. The van der Waals surface area contributed by atoms with E-state index in [1.165, 1.54) is 11.8 Å². The molecule has 1 N–H and O–H groups in total. The van der Waals surface area contributed by atoms with Crippen LogP contribution in [0.2, 0.25) is 5.02 Å². The van der Waals surface area contributed by atoms with Crippen molar-refractivity contribution >= 4 is 40.1 Å². The third-order valence-electron chi connectivity index (χ3n) is 2.43. The maximum Gasteiger partial charge on any atom is 0.336 e. The molecule has 17 heavy (non-hydrogen) atoms. The number of benzene rings is 2. The molecule has 0 aliphatic rings. The molecule has 0 saturated heterocycles. The highest BCUT2D eigenvalue weighted by Crippen LogP contribution is 2.29. The van der Waals surface area contributed by atoms with Crippen LogP contribution in [0.4, 0.5) is 0 Å². The molecule has 0 unspecified atom stereocenters. The number of aromatic carboxylic acids is 1. The van der Waals surface area contributed by atoms with E-state index in [9.17, 15) is 4.79 Å². The average Bonchev–Trinajstić information content (AvgIpc) is 2.28. The van der Waals surface area contributed by atoms with E-state index in [1.807, 2.05) is 25.1 Å². The summed E-state index contributed by atoms with van der Waals surface area (Å²) < 4.78 is 0. The van der Waals surface area contributed by atoms with Crippen LogP contribution in [0.25, 0.3) is 10.8 Å². The molecule has 0 saturated carbocycles. The zero-order valence-electron chi connectivity index (χ0n) is 9.24. The summed E-state index contributed by atoms with van der Waals surface area (Å²) in [7, 11) is 0. The minimum atomic E-state index is -0.891. The fraction of sp³-hybridized carbons (Fsp3) is 0.154. The molecular weight excluding hydrogens is 256 g/mol. The van der Waals surface area contributed by atoms with Crippen LogP contribution in [0.15, 0.2) is 35.2 Å². The lowest BCUT2D eigenvalue weighted by atomic mass is 10.1. The average molecular weight is 267 g/mol. The number of fused-ring (bicyclic) bond motifs is 1. The van der Waals surface area contributed by atoms with Gasteiger partial charge in [-0.1, -0.05) is 24.6 Å². The molecule has 0 atom stereocenters. The first kappa shape index (κ1) is 12.3. The van der Waals surface area contributed by atoms with Crippen molar-refractivity contribution in [3.8, 4) is 0 Å². The first-order chi connectivity index (χ1) is 8.11. The van der Waals surface area contributed by atoms with Crippen LogP contribution >= 0.6 is 23.4 Å². The lowest BCUT2D eigenvalue weighted by molar-refractivity contribution is 0.0693. The Morgan fingerprint density at radius 2 is 2.06 bits per heavy atom. The third-order valence-corrected chi connectivity index (χ3v) is 3.60. The molecule has 0 bridgehead atoms. The van der Waals surface area contributed by atoms with Gasteiger partial charge in [0.2, 0.25) is 0 Å². The van der Waals surface area contributed by atoms with E-state index in [0.29, 0.717) is 10.6 Å². The van der Waals surface area contributed by atoms with E-state index in [-0.39, 0.29) is 0 Å². The summed E-state index contributed by atoms with van der Waals surface area (Å²) in [6, 6.07) is 9.04. The van der Waals surface area contributed by atoms with Crippen molar-refractivity contribution in [1.82, 2.24) is 0 Å². The van der Waals surface area contributed by atoms with E-state index in [1.54, 1.807) is 12.1 Å². The minimum Gasteiger partial charge on any atom is -0.478 e. The van der Waals surface area contributed by atoms with Crippen LogP contribution in [-0.2, 0) is 0 Å². The Morgan fingerprint density at radius 3 is 2.71 bits per heavy atom. The number of rotatable bonds is 3. The summed E-state index contributed by atoms with van der Waals surface area (Å²) in [4.78, 5) is 12.0. The van der Waals surface area contributed by atoms with Gasteiger partial charge in [0, 0.05) is 9.92 Å². The molecule has 2 nitrogen and oxygen atoms in total. The second-order valence-electron chi connectivity index (χ2n) is 3.58. The number of thioether (sulfide) groups is 1. The molecule has 2 aromatic carbocycles. The van der Waals surface area contributed by atoms with Crippen molar-refractivity contribution in [3.63, 3.8) is 0 Å². The largest absolute Gasteiger partial charge is 0.478 e. The van der Waals surface area contributed by atoms with Gasteiger partial charge in [0.1, 0.15) is 0 Å². The molecule has 0 aromatic heterocycles. The number of hydrogen-bond acceptors (Lipinski definition) is 2. The van der Waals surface area contributed by atoms with Gasteiger partial charge in [-0.25, -0.2) is 4.79 Å². The zero-order chi connectivity index (χ0) is 12.4. The van der Waals surface area contributed by atoms with Gasteiger partial charge in [-0.05, 0) is 40.8 Å². The molecule has 2 rings (SSSR count). The highest BCUT2D eigenvalue weighted by atomic mass is 35.5.